The molecule has 1 atom stereocenters. The summed E-state index contributed by atoms with van der Waals surface area (Å²) in [6.07, 6.45) is -0.134. The fraction of sp³-hybridized carbons (Fsp3) is 0.200. The molecule has 1 aliphatic heterocycles. The Bertz CT molecular complexity index is 1440. The highest BCUT2D eigenvalue weighted by Crippen LogP contribution is 2.35. The van der Waals surface area contributed by atoms with Gasteiger partial charge in [-0.25, -0.2) is 9.97 Å². The summed E-state index contributed by atoms with van der Waals surface area (Å²) in [5.74, 6) is 0.387. The first kappa shape index (κ1) is 25.0. The maximum absolute atomic E-state index is 13.9. The van der Waals surface area contributed by atoms with Crippen molar-refractivity contribution in [2.75, 3.05) is 23.3 Å². The third-order valence-electron chi connectivity index (χ3n) is 6.25. The molecule has 192 valence electrons. The van der Waals surface area contributed by atoms with Gasteiger partial charge in [-0.1, -0.05) is 54.6 Å². The van der Waals surface area contributed by atoms with E-state index in [1.165, 1.54) is 0 Å². The lowest BCUT2D eigenvalue weighted by atomic mass is 10.1. The molecule has 0 aliphatic carbocycles. The number of carbonyl (C=O) groups excluding carboxylic acids is 2. The maximum Gasteiger partial charge on any atom is 0.262 e. The van der Waals surface area contributed by atoms with Crippen LogP contribution in [0.5, 0.6) is 5.75 Å². The van der Waals surface area contributed by atoms with Gasteiger partial charge in [0, 0.05) is 17.9 Å². The predicted octanol–water partition coefficient (Wildman–Crippen LogP) is 4.60. The fourth-order valence-corrected chi connectivity index (χ4v) is 4.48. The van der Waals surface area contributed by atoms with E-state index in [9.17, 15) is 9.59 Å². The zero-order valence-electron chi connectivity index (χ0n) is 21.3. The standard InChI is InChI=1S/C30H29N5O3/c1-20-18-21(2)33-30(32-20)34-24-13-7-6-12-23(24)29(37)35-19-27(38-26-15-9-8-14-25(26)35)28(36)31-17-16-22-10-4-3-5-11-22/h3-15,18,27H,16-17,19H2,1-2H3,(H,31,36)(H,32,33,34)/t27-/m1/s1. The minimum Gasteiger partial charge on any atom is -0.477 e. The van der Waals surface area contributed by atoms with Crippen LogP contribution in [-0.4, -0.2) is 41.0 Å². The molecular formula is C30H29N5O3. The molecule has 8 nitrogen and oxygen atoms in total. The number of hydrogen-bond acceptors (Lipinski definition) is 6. The van der Waals surface area contributed by atoms with Gasteiger partial charge >= 0.3 is 0 Å². The maximum atomic E-state index is 13.9. The fourth-order valence-electron chi connectivity index (χ4n) is 4.48. The molecule has 0 radical (unpaired) electrons. The van der Waals surface area contributed by atoms with Crippen molar-refractivity contribution in [3.8, 4) is 5.75 Å². The first-order chi connectivity index (χ1) is 18.5. The number of rotatable bonds is 7. The van der Waals surface area contributed by atoms with Gasteiger partial charge in [0.1, 0.15) is 5.75 Å². The molecule has 3 aromatic carbocycles. The minimum absolute atomic E-state index is 0.0847. The molecular weight excluding hydrogens is 478 g/mol. The van der Waals surface area contributed by atoms with Crippen LogP contribution in [0.15, 0.2) is 84.9 Å². The zero-order valence-corrected chi connectivity index (χ0v) is 21.3. The number of carbonyl (C=O) groups is 2. The summed E-state index contributed by atoms with van der Waals surface area (Å²) in [6, 6.07) is 26.3. The van der Waals surface area contributed by atoms with Crippen LogP contribution in [0.3, 0.4) is 0 Å². The molecule has 1 aliphatic rings. The Morgan fingerprint density at radius 2 is 1.61 bits per heavy atom. The summed E-state index contributed by atoms with van der Waals surface area (Å²) < 4.78 is 6.02. The molecule has 0 bridgehead atoms. The van der Waals surface area contributed by atoms with E-state index < -0.39 is 6.10 Å². The third kappa shape index (κ3) is 5.64. The summed E-state index contributed by atoms with van der Waals surface area (Å²) in [6.45, 7) is 4.35. The number of benzene rings is 3. The Hall–Kier alpha value is -4.72. The van der Waals surface area contributed by atoms with Crippen LogP contribution in [0.4, 0.5) is 17.3 Å². The van der Waals surface area contributed by atoms with Crippen molar-refractivity contribution in [2.45, 2.75) is 26.4 Å². The first-order valence-corrected chi connectivity index (χ1v) is 12.6. The minimum atomic E-state index is -0.840. The van der Waals surface area contributed by atoms with Crippen molar-refractivity contribution in [3.05, 3.63) is 107 Å². The van der Waals surface area contributed by atoms with E-state index in [1.54, 1.807) is 23.1 Å². The number of ether oxygens (including phenoxy) is 1. The largest absolute Gasteiger partial charge is 0.477 e. The highest BCUT2D eigenvalue weighted by atomic mass is 16.5. The van der Waals surface area contributed by atoms with E-state index in [0.717, 1.165) is 17.0 Å². The molecule has 2 N–H and O–H groups in total. The Balaban J connectivity index is 1.36. The Morgan fingerprint density at radius 1 is 0.921 bits per heavy atom. The topological polar surface area (TPSA) is 96.5 Å². The number of fused-ring (bicyclic) bond motifs is 1. The molecule has 4 aromatic rings. The molecule has 1 aromatic heterocycles. The van der Waals surface area contributed by atoms with E-state index in [0.29, 0.717) is 41.6 Å². The van der Waals surface area contributed by atoms with Crippen LogP contribution in [-0.2, 0) is 11.2 Å². The van der Waals surface area contributed by atoms with Crippen LogP contribution in [0.25, 0.3) is 0 Å². The van der Waals surface area contributed by atoms with E-state index >= 15 is 0 Å². The molecule has 2 amide bonds. The molecule has 0 spiro atoms. The van der Waals surface area contributed by atoms with Gasteiger partial charge in [-0.2, -0.15) is 0 Å². The Morgan fingerprint density at radius 3 is 2.39 bits per heavy atom. The van der Waals surface area contributed by atoms with Gasteiger partial charge in [0.05, 0.1) is 23.5 Å². The molecule has 0 fully saturated rings. The van der Waals surface area contributed by atoms with E-state index in [4.69, 9.17) is 4.74 Å². The Kier molecular flexibility index (Phi) is 7.31. The van der Waals surface area contributed by atoms with Gasteiger partial charge in [0.15, 0.2) is 6.10 Å². The van der Waals surface area contributed by atoms with Crippen LogP contribution in [0, 0.1) is 13.8 Å². The summed E-state index contributed by atoms with van der Waals surface area (Å²) >= 11 is 0. The van der Waals surface area contributed by atoms with Gasteiger partial charge in [-0.05, 0) is 56.2 Å². The quantitative estimate of drug-likeness (QED) is 0.379. The Labute approximate surface area is 221 Å². The van der Waals surface area contributed by atoms with Crippen LogP contribution >= 0.6 is 0 Å². The van der Waals surface area contributed by atoms with Gasteiger partial charge in [-0.15, -0.1) is 0 Å². The highest BCUT2D eigenvalue weighted by Gasteiger charge is 2.34. The summed E-state index contributed by atoms with van der Waals surface area (Å²) in [5, 5.41) is 6.15. The summed E-state index contributed by atoms with van der Waals surface area (Å²) in [5.41, 5.74) is 4.42. The van der Waals surface area contributed by atoms with Crippen LogP contribution in [0.2, 0.25) is 0 Å². The van der Waals surface area contributed by atoms with Crippen molar-refractivity contribution < 1.29 is 14.3 Å². The SMILES string of the molecule is Cc1cc(C)nc(Nc2ccccc2C(=O)N2C[C@H](C(=O)NCCc3ccccc3)Oc3ccccc32)n1. The van der Waals surface area contributed by atoms with E-state index in [2.05, 4.69) is 20.6 Å². The lowest BCUT2D eigenvalue weighted by Crippen LogP contribution is -2.51. The monoisotopic (exact) mass is 507 g/mol. The number of aromatic nitrogens is 2. The number of anilines is 3. The van der Waals surface area contributed by atoms with Crippen molar-refractivity contribution in [2.24, 2.45) is 0 Å². The molecule has 2 heterocycles. The second-order valence-corrected chi connectivity index (χ2v) is 9.16. The number of hydrogen-bond donors (Lipinski definition) is 2. The molecule has 38 heavy (non-hydrogen) atoms. The van der Waals surface area contributed by atoms with E-state index in [1.807, 2.05) is 80.6 Å². The average Bonchev–Trinajstić information content (AvgIpc) is 2.92. The molecule has 0 unspecified atom stereocenters. The molecule has 5 rings (SSSR count). The second kappa shape index (κ2) is 11.1. The highest BCUT2D eigenvalue weighted by molar-refractivity contribution is 6.11. The lowest BCUT2D eigenvalue weighted by Gasteiger charge is -2.34. The first-order valence-electron chi connectivity index (χ1n) is 12.6. The number of para-hydroxylation sites is 3. The van der Waals surface area contributed by atoms with Gasteiger partial charge in [0.2, 0.25) is 5.95 Å². The van der Waals surface area contributed by atoms with Gasteiger partial charge in [0.25, 0.3) is 11.8 Å². The molecule has 0 saturated heterocycles. The summed E-state index contributed by atoms with van der Waals surface area (Å²) in [7, 11) is 0. The average molecular weight is 508 g/mol. The third-order valence-corrected chi connectivity index (χ3v) is 6.25. The van der Waals surface area contributed by atoms with Crippen LogP contribution < -0.4 is 20.3 Å². The smallest absolute Gasteiger partial charge is 0.262 e. The molecule has 8 heteroatoms. The van der Waals surface area contributed by atoms with Crippen molar-refractivity contribution in [1.29, 1.82) is 0 Å². The normalized spacial score (nSPS) is 14.3. The molecule has 0 saturated carbocycles. The number of aryl methyl sites for hydroxylation is 2. The lowest BCUT2D eigenvalue weighted by molar-refractivity contribution is -0.127. The zero-order chi connectivity index (χ0) is 26.5. The predicted molar refractivity (Wildman–Crippen MR) is 147 cm³/mol. The van der Waals surface area contributed by atoms with Crippen molar-refractivity contribution in [1.82, 2.24) is 15.3 Å². The summed E-state index contributed by atoms with van der Waals surface area (Å²) in [4.78, 5) is 37.5. The number of nitrogens with one attached hydrogen (secondary N) is 2. The number of nitrogens with zero attached hydrogens (tertiary/aromatic N) is 3. The second-order valence-electron chi connectivity index (χ2n) is 9.16. The van der Waals surface area contributed by atoms with E-state index in [-0.39, 0.29) is 18.4 Å². The van der Waals surface area contributed by atoms with Crippen LogP contribution in [0.1, 0.15) is 27.3 Å². The van der Waals surface area contributed by atoms with Gasteiger partial charge in [-0.3, -0.25) is 9.59 Å². The van der Waals surface area contributed by atoms with Crippen molar-refractivity contribution in [3.63, 3.8) is 0 Å². The number of amides is 2. The van der Waals surface area contributed by atoms with Gasteiger partial charge < -0.3 is 20.3 Å². The van der Waals surface area contributed by atoms with Crippen molar-refractivity contribution >= 4 is 29.1 Å².